The topological polar surface area (TPSA) is 119 Å². The summed E-state index contributed by atoms with van der Waals surface area (Å²) in [5.74, 6) is 0.597. The van der Waals surface area contributed by atoms with Gasteiger partial charge in [-0.2, -0.15) is 0 Å². The molecule has 1 saturated carbocycles. The lowest BCUT2D eigenvalue weighted by Crippen LogP contribution is -2.49. The normalized spacial score (nSPS) is 23.7. The van der Waals surface area contributed by atoms with E-state index in [1.165, 1.54) is 6.33 Å². The van der Waals surface area contributed by atoms with Crippen molar-refractivity contribution in [1.29, 1.82) is 0 Å². The summed E-state index contributed by atoms with van der Waals surface area (Å²) in [6.07, 6.45) is 5.54. The fourth-order valence-corrected chi connectivity index (χ4v) is 3.97. The summed E-state index contributed by atoms with van der Waals surface area (Å²) in [6, 6.07) is -0.203. The van der Waals surface area contributed by atoms with Crippen LogP contribution in [0.3, 0.4) is 0 Å². The quantitative estimate of drug-likeness (QED) is 0.791. The molecule has 0 spiro atoms. The van der Waals surface area contributed by atoms with Gasteiger partial charge >= 0.3 is 0 Å². The molecule has 2 aromatic rings. The van der Waals surface area contributed by atoms with Crippen molar-refractivity contribution in [3.05, 3.63) is 12.7 Å². The highest BCUT2D eigenvalue weighted by atomic mass is 16.2. The van der Waals surface area contributed by atoms with Crippen LogP contribution >= 0.6 is 0 Å². The Morgan fingerprint density at radius 1 is 1.25 bits per heavy atom. The van der Waals surface area contributed by atoms with Crippen molar-refractivity contribution in [2.24, 2.45) is 11.3 Å². The Morgan fingerprint density at radius 3 is 2.79 bits per heavy atom. The van der Waals surface area contributed by atoms with Crippen LogP contribution < -0.4 is 11.1 Å². The maximum Gasteiger partial charge on any atom is 0.243 e. The van der Waals surface area contributed by atoms with E-state index in [1.54, 1.807) is 15.8 Å². The molecule has 4 rings (SSSR count). The minimum Gasteiger partial charge on any atom is -0.382 e. The molecule has 2 aromatic heterocycles. The van der Waals surface area contributed by atoms with Gasteiger partial charge in [0.25, 0.3) is 0 Å². The third-order valence-corrected chi connectivity index (χ3v) is 5.60. The molecule has 1 aliphatic heterocycles. The van der Waals surface area contributed by atoms with Crippen molar-refractivity contribution in [3.8, 4) is 0 Å². The van der Waals surface area contributed by atoms with Crippen molar-refractivity contribution in [3.63, 3.8) is 0 Å². The van der Waals surface area contributed by atoms with E-state index < -0.39 is 0 Å². The largest absolute Gasteiger partial charge is 0.382 e. The number of imidazole rings is 1. The predicted molar refractivity (Wildman–Crippen MR) is 104 cm³/mol. The molecule has 3 atom stereocenters. The monoisotopic (exact) mass is 385 g/mol. The zero-order valence-electron chi connectivity index (χ0n) is 16.6. The summed E-state index contributed by atoms with van der Waals surface area (Å²) >= 11 is 0. The minimum atomic E-state index is -0.384. The predicted octanol–water partition coefficient (Wildman–Crippen LogP) is 0.950. The number of nitrogen functional groups attached to an aromatic ring is 1. The molecule has 3 heterocycles. The molecule has 1 unspecified atom stereocenters. The highest BCUT2D eigenvalue weighted by Crippen LogP contribution is 2.48. The first-order chi connectivity index (χ1) is 13.2. The SMILES string of the molecule is CC(C)(C)CCNC(=O)C1C[C@H]2C[C@H]2N1C(=O)Cn1cnc2c(N)ncnc21. The highest BCUT2D eigenvalue weighted by molar-refractivity contribution is 5.90. The van der Waals surface area contributed by atoms with E-state index in [4.69, 9.17) is 5.73 Å². The molecule has 1 aliphatic carbocycles. The van der Waals surface area contributed by atoms with Crippen molar-refractivity contribution in [2.75, 3.05) is 12.3 Å². The van der Waals surface area contributed by atoms with Gasteiger partial charge in [-0.15, -0.1) is 0 Å². The van der Waals surface area contributed by atoms with Gasteiger partial charge in [0, 0.05) is 12.6 Å². The second kappa shape index (κ2) is 6.72. The number of piperidine rings is 1. The first-order valence-corrected chi connectivity index (χ1v) is 9.75. The molecular formula is C19H27N7O2. The minimum absolute atomic E-state index is 0.0492. The van der Waals surface area contributed by atoms with Gasteiger partial charge < -0.3 is 20.5 Å². The molecule has 28 heavy (non-hydrogen) atoms. The lowest BCUT2D eigenvalue weighted by Gasteiger charge is -2.27. The van der Waals surface area contributed by atoms with Crippen LogP contribution in [0.15, 0.2) is 12.7 Å². The maximum atomic E-state index is 13.0. The maximum absolute atomic E-state index is 13.0. The molecule has 1 saturated heterocycles. The molecule has 9 nitrogen and oxygen atoms in total. The number of anilines is 1. The molecule has 0 aromatic carbocycles. The number of amides is 2. The summed E-state index contributed by atoms with van der Waals surface area (Å²) in [4.78, 5) is 39.8. The van der Waals surface area contributed by atoms with Crippen LogP contribution in [-0.2, 0) is 16.1 Å². The number of fused-ring (bicyclic) bond motifs is 2. The lowest BCUT2D eigenvalue weighted by atomic mass is 9.92. The van der Waals surface area contributed by atoms with E-state index in [0.717, 1.165) is 19.3 Å². The number of rotatable bonds is 5. The Balaban J connectivity index is 1.45. The number of hydrogen-bond acceptors (Lipinski definition) is 6. The fourth-order valence-electron chi connectivity index (χ4n) is 3.97. The number of aromatic nitrogens is 4. The molecule has 0 radical (unpaired) electrons. The van der Waals surface area contributed by atoms with Gasteiger partial charge in [0.1, 0.15) is 24.4 Å². The van der Waals surface area contributed by atoms with Crippen LogP contribution in [0, 0.1) is 11.3 Å². The number of nitrogens with zero attached hydrogens (tertiary/aromatic N) is 5. The Hall–Kier alpha value is -2.71. The van der Waals surface area contributed by atoms with Crippen molar-refractivity contribution < 1.29 is 9.59 Å². The summed E-state index contributed by atoms with van der Waals surface area (Å²) in [5, 5.41) is 3.01. The fraction of sp³-hybridized carbons (Fsp3) is 0.632. The number of likely N-dealkylation sites (tertiary alicyclic amines) is 1. The van der Waals surface area contributed by atoms with Crippen LogP contribution in [0.2, 0.25) is 0 Å². The molecule has 9 heteroatoms. The summed E-state index contributed by atoms with van der Waals surface area (Å²) in [6.45, 7) is 7.14. The number of carbonyl (C=O) groups is 2. The molecule has 2 fully saturated rings. The second-order valence-corrected chi connectivity index (χ2v) is 9.02. The van der Waals surface area contributed by atoms with Crippen molar-refractivity contribution >= 4 is 28.8 Å². The second-order valence-electron chi connectivity index (χ2n) is 9.02. The Labute approximate surface area is 163 Å². The van der Waals surface area contributed by atoms with E-state index in [-0.39, 0.29) is 41.7 Å². The summed E-state index contributed by atoms with van der Waals surface area (Å²) < 4.78 is 1.67. The van der Waals surface area contributed by atoms with Gasteiger partial charge in [0.15, 0.2) is 11.5 Å². The van der Waals surface area contributed by atoms with Crippen LogP contribution in [0.1, 0.15) is 40.0 Å². The van der Waals surface area contributed by atoms with Gasteiger partial charge in [-0.1, -0.05) is 20.8 Å². The van der Waals surface area contributed by atoms with Crippen molar-refractivity contribution in [1.82, 2.24) is 29.7 Å². The lowest BCUT2D eigenvalue weighted by molar-refractivity contribution is -0.140. The molecular weight excluding hydrogens is 358 g/mol. The van der Waals surface area contributed by atoms with E-state index in [2.05, 4.69) is 41.0 Å². The molecule has 2 amide bonds. The van der Waals surface area contributed by atoms with E-state index in [1.807, 2.05) is 0 Å². The van der Waals surface area contributed by atoms with Crippen LogP contribution in [-0.4, -0.2) is 54.9 Å². The van der Waals surface area contributed by atoms with Gasteiger partial charge in [-0.05, 0) is 30.6 Å². The number of nitrogens with two attached hydrogens (primary N) is 1. The van der Waals surface area contributed by atoms with E-state index in [9.17, 15) is 9.59 Å². The number of hydrogen-bond donors (Lipinski definition) is 2. The molecule has 2 aliphatic rings. The van der Waals surface area contributed by atoms with Gasteiger partial charge in [0.2, 0.25) is 11.8 Å². The average molecular weight is 385 g/mol. The van der Waals surface area contributed by atoms with E-state index >= 15 is 0 Å². The number of nitrogens with one attached hydrogen (secondary N) is 1. The Morgan fingerprint density at radius 2 is 2.04 bits per heavy atom. The first kappa shape index (κ1) is 18.6. The van der Waals surface area contributed by atoms with Gasteiger partial charge in [-0.25, -0.2) is 15.0 Å². The Bertz CT molecular complexity index is 917. The van der Waals surface area contributed by atoms with Crippen LogP contribution in [0.25, 0.3) is 11.2 Å². The van der Waals surface area contributed by atoms with Crippen LogP contribution in [0.4, 0.5) is 5.82 Å². The average Bonchev–Trinajstić information content (AvgIpc) is 3.08. The third kappa shape index (κ3) is 3.53. The standard InChI is InChI=1S/C19H27N7O2/c1-19(2,3)4-5-21-18(28)13-7-11-6-12(11)26(13)14(27)8-25-10-24-15-16(20)22-9-23-17(15)25/h9-13H,4-8H2,1-3H3,(H,21,28)(H2,20,22,23)/t11-,12-,13?/m1/s1. The molecule has 150 valence electrons. The molecule has 3 N–H and O–H groups in total. The van der Waals surface area contributed by atoms with Crippen LogP contribution in [0.5, 0.6) is 0 Å². The van der Waals surface area contributed by atoms with Gasteiger partial charge in [-0.3, -0.25) is 9.59 Å². The highest BCUT2D eigenvalue weighted by Gasteiger charge is 2.55. The third-order valence-electron chi connectivity index (χ3n) is 5.60. The first-order valence-electron chi connectivity index (χ1n) is 9.75. The zero-order chi connectivity index (χ0) is 20.1. The Kier molecular flexibility index (Phi) is 4.47. The summed E-state index contributed by atoms with van der Waals surface area (Å²) in [7, 11) is 0. The molecule has 0 bridgehead atoms. The zero-order valence-corrected chi connectivity index (χ0v) is 16.6. The van der Waals surface area contributed by atoms with E-state index in [0.29, 0.717) is 23.6 Å². The summed E-state index contributed by atoms with van der Waals surface area (Å²) in [5.41, 5.74) is 6.98. The van der Waals surface area contributed by atoms with Crippen molar-refractivity contribution in [2.45, 2.75) is 58.7 Å². The number of carbonyl (C=O) groups excluding carboxylic acids is 2. The van der Waals surface area contributed by atoms with Gasteiger partial charge in [0.05, 0.1) is 6.33 Å². The smallest absolute Gasteiger partial charge is 0.243 e.